The van der Waals surface area contributed by atoms with Gasteiger partial charge in [-0.25, -0.2) is 9.97 Å². The average Bonchev–Trinajstić information content (AvgIpc) is 2.20. The monoisotopic (exact) mass is 263 g/mol. The largest absolute Gasteiger partial charge is 0.368 e. The van der Waals surface area contributed by atoms with Crippen molar-refractivity contribution in [2.24, 2.45) is 0 Å². The van der Waals surface area contributed by atoms with E-state index in [0.717, 1.165) is 21.3 Å². The Morgan fingerprint density at radius 3 is 2.47 bits per heavy atom. The van der Waals surface area contributed by atoms with Crippen LogP contribution in [0.4, 0.5) is 5.95 Å². The molecule has 0 atom stereocenters. The minimum Gasteiger partial charge on any atom is -0.368 e. The molecule has 0 fully saturated rings. The molecule has 0 aliphatic heterocycles. The summed E-state index contributed by atoms with van der Waals surface area (Å²) in [6.45, 7) is 1.93. The van der Waals surface area contributed by atoms with Gasteiger partial charge < -0.3 is 5.73 Å². The lowest BCUT2D eigenvalue weighted by Gasteiger charge is -2.05. The molecule has 76 valence electrons. The predicted molar refractivity (Wildman–Crippen MR) is 64.3 cm³/mol. The second kappa shape index (κ2) is 3.98. The Hall–Kier alpha value is -1.42. The Bertz CT molecular complexity index is 480. The summed E-state index contributed by atoms with van der Waals surface area (Å²) in [5.74, 6) is 0.313. The smallest absolute Gasteiger partial charge is 0.220 e. The fraction of sp³-hybridized carbons (Fsp3) is 0.0909. The van der Waals surface area contributed by atoms with Crippen molar-refractivity contribution in [2.45, 2.75) is 6.92 Å². The van der Waals surface area contributed by atoms with Gasteiger partial charge in [0, 0.05) is 16.2 Å². The first-order valence-electron chi connectivity index (χ1n) is 4.52. The molecule has 0 bridgehead atoms. The Labute approximate surface area is 96.5 Å². The molecule has 2 aromatic rings. The Balaban J connectivity index is 2.49. The normalized spacial score (nSPS) is 10.3. The van der Waals surface area contributed by atoms with Crippen molar-refractivity contribution in [2.75, 3.05) is 5.73 Å². The number of benzene rings is 1. The lowest BCUT2D eigenvalue weighted by atomic mass is 10.1. The van der Waals surface area contributed by atoms with Crippen LogP contribution in [0.5, 0.6) is 0 Å². The van der Waals surface area contributed by atoms with Gasteiger partial charge in [-0.3, -0.25) is 0 Å². The maximum absolute atomic E-state index is 5.50. The highest BCUT2D eigenvalue weighted by atomic mass is 79.9. The molecule has 0 saturated heterocycles. The van der Waals surface area contributed by atoms with Crippen molar-refractivity contribution in [1.82, 2.24) is 9.97 Å². The Kier molecular flexibility index (Phi) is 2.68. The van der Waals surface area contributed by atoms with Crippen molar-refractivity contribution >= 4 is 21.9 Å². The van der Waals surface area contributed by atoms with E-state index in [1.54, 1.807) is 6.20 Å². The number of halogens is 1. The zero-order chi connectivity index (χ0) is 10.8. The van der Waals surface area contributed by atoms with Gasteiger partial charge in [-0.05, 0) is 24.6 Å². The minimum atomic E-state index is 0.313. The van der Waals surface area contributed by atoms with E-state index in [2.05, 4.69) is 25.9 Å². The summed E-state index contributed by atoms with van der Waals surface area (Å²) in [5, 5.41) is 0. The molecular weight excluding hydrogens is 254 g/mol. The van der Waals surface area contributed by atoms with Crippen LogP contribution < -0.4 is 5.73 Å². The van der Waals surface area contributed by atoms with Gasteiger partial charge in [0.1, 0.15) is 0 Å². The number of nitrogens with zero attached hydrogens (tertiary/aromatic N) is 2. The lowest BCUT2D eigenvalue weighted by Crippen LogP contribution is -1.97. The van der Waals surface area contributed by atoms with Crippen molar-refractivity contribution in [3.8, 4) is 11.1 Å². The van der Waals surface area contributed by atoms with Gasteiger partial charge in [-0.15, -0.1) is 0 Å². The van der Waals surface area contributed by atoms with E-state index in [1.165, 1.54) is 0 Å². The number of hydrogen-bond acceptors (Lipinski definition) is 3. The summed E-state index contributed by atoms with van der Waals surface area (Å²) < 4.78 is 1.06. The van der Waals surface area contributed by atoms with Crippen molar-refractivity contribution in [3.63, 3.8) is 0 Å². The van der Waals surface area contributed by atoms with E-state index in [9.17, 15) is 0 Å². The van der Waals surface area contributed by atoms with E-state index in [-0.39, 0.29) is 0 Å². The minimum absolute atomic E-state index is 0.313. The van der Waals surface area contributed by atoms with Crippen molar-refractivity contribution in [1.29, 1.82) is 0 Å². The van der Waals surface area contributed by atoms with Gasteiger partial charge >= 0.3 is 0 Å². The molecule has 0 unspecified atom stereocenters. The highest BCUT2D eigenvalue weighted by Gasteiger charge is 2.03. The number of hydrogen-bond donors (Lipinski definition) is 1. The van der Waals surface area contributed by atoms with Gasteiger partial charge in [-0.1, -0.05) is 28.1 Å². The topological polar surface area (TPSA) is 51.8 Å². The summed E-state index contributed by atoms with van der Waals surface area (Å²) in [7, 11) is 0. The van der Waals surface area contributed by atoms with E-state index in [0.29, 0.717) is 5.95 Å². The number of nitrogen functional groups attached to an aromatic ring is 1. The predicted octanol–water partition coefficient (Wildman–Crippen LogP) is 2.80. The third kappa shape index (κ3) is 2.15. The molecule has 1 heterocycles. The number of aryl methyl sites for hydroxylation is 1. The standard InChI is InChI=1S/C11H10BrN3/c1-7-10(6-14-11(13)15-7)8-2-4-9(12)5-3-8/h2-6H,1H3,(H2,13,14,15). The molecule has 0 aliphatic carbocycles. The summed E-state index contributed by atoms with van der Waals surface area (Å²) >= 11 is 3.40. The molecular formula is C11H10BrN3. The van der Waals surface area contributed by atoms with Crippen LogP contribution in [0, 0.1) is 6.92 Å². The van der Waals surface area contributed by atoms with Crippen LogP contribution in [0.3, 0.4) is 0 Å². The van der Waals surface area contributed by atoms with Gasteiger partial charge in [0.15, 0.2) is 0 Å². The fourth-order valence-corrected chi connectivity index (χ4v) is 1.66. The third-order valence-corrected chi connectivity index (χ3v) is 2.68. The van der Waals surface area contributed by atoms with Crippen molar-refractivity contribution in [3.05, 3.63) is 40.6 Å². The highest BCUT2D eigenvalue weighted by molar-refractivity contribution is 9.10. The molecule has 3 nitrogen and oxygen atoms in total. The Morgan fingerprint density at radius 1 is 1.20 bits per heavy atom. The molecule has 2 N–H and O–H groups in total. The average molecular weight is 264 g/mol. The summed E-state index contributed by atoms with van der Waals surface area (Å²) in [4.78, 5) is 8.12. The zero-order valence-electron chi connectivity index (χ0n) is 8.24. The van der Waals surface area contributed by atoms with E-state index < -0.39 is 0 Å². The SMILES string of the molecule is Cc1nc(N)ncc1-c1ccc(Br)cc1. The van der Waals surface area contributed by atoms with Crippen LogP contribution in [0.25, 0.3) is 11.1 Å². The molecule has 0 radical (unpaired) electrons. The molecule has 2 rings (SSSR count). The highest BCUT2D eigenvalue weighted by Crippen LogP contribution is 2.23. The number of nitrogens with two attached hydrogens (primary N) is 1. The molecule has 0 aliphatic rings. The second-order valence-electron chi connectivity index (χ2n) is 3.23. The summed E-state index contributed by atoms with van der Waals surface area (Å²) in [5.41, 5.74) is 8.50. The van der Waals surface area contributed by atoms with E-state index in [1.807, 2.05) is 31.2 Å². The van der Waals surface area contributed by atoms with Crippen LogP contribution in [-0.4, -0.2) is 9.97 Å². The molecule has 15 heavy (non-hydrogen) atoms. The Morgan fingerprint density at radius 2 is 1.87 bits per heavy atom. The summed E-state index contributed by atoms with van der Waals surface area (Å²) in [6.07, 6.45) is 1.75. The molecule has 4 heteroatoms. The van der Waals surface area contributed by atoms with E-state index in [4.69, 9.17) is 5.73 Å². The van der Waals surface area contributed by atoms with E-state index >= 15 is 0 Å². The van der Waals surface area contributed by atoms with Crippen molar-refractivity contribution < 1.29 is 0 Å². The van der Waals surface area contributed by atoms with Crippen LogP contribution in [0.15, 0.2) is 34.9 Å². The number of aromatic nitrogens is 2. The molecule has 1 aromatic carbocycles. The number of rotatable bonds is 1. The van der Waals surface area contributed by atoms with Crippen LogP contribution in [-0.2, 0) is 0 Å². The van der Waals surface area contributed by atoms with Gasteiger partial charge in [0.25, 0.3) is 0 Å². The van der Waals surface area contributed by atoms with Gasteiger partial charge in [0.05, 0.1) is 5.69 Å². The van der Waals surface area contributed by atoms with Crippen LogP contribution in [0.2, 0.25) is 0 Å². The second-order valence-corrected chi connectivity index (χ2v) is 4.15. The maximum atomic E-state index is 5.50. The number of anilines is 1. The molecule has 0 saturated carbocycles. The first kappa shape index (κ1) is 10.1. The molecule has 1 aromatic heterocycles. The van der Waals surface area contributed by atoms with Gasteiger partial charge in [0.2, 0.25) is 5.95 Å². The van der Waals surface area contributed by atoms with Gasteiger partial charge in [-0.2, -0.15) is 0 Å². The van der Waals surface area contributed by atoms with Crippen LogP contribution in [0.1, 0.15) is 5.69 Å². The zero-order valence-corrected chi connectivity index (χ0v) is 9.82. The first-order valence-corrected chi connectivity index (χ1v) is 5.31. The first-order chi connectivity index (χ1) is 7.16. The quantitative estimate of drug-likeness (QED) is 0.861. The molecule has 0 spiro atoms. The van der Waals surface area contributed by atoms with Crippen LogP contribution >= 0.6 is 15.9 Å². The lowest BCUT2D eigenvalue weighted by molar-refractivity contribution is 1.12. The maximum Gasteiger partial charge on any atom is 0.220 e. The fourth-order valence-electron chi connectivity index (χ4n) is 1.40. The summed E-state index contributed by atoms with van der Waals surface area (Å²) in [6, 6.07) is 8.02. The molecule has 0 amide bonds. The third-order valence-electron chi connectivity index (χ3n) is 2.15.